The van der Waals surface area contributed by atoms with Crippen LogP contribution < -0.4 is 5.32 Å². The van der Waals surface area contributed by atoms with Gasteiger partial charge in [0.1, 0.15) is 0 Å². The van der Waals surface area contributed by atoms with Crippen molar-refractivity contribution in [2.75, 3.05) is 13.1 Å². The number of hydrogen-bond acceptors (Lipinski definition) is 2. The van der Waals surface area contributed by atoms with E-state index in [0.29, 0.717) is 5.54 Å². The van der Waals surface area contributed by atoms with Gasteiger partial charge in [0.15, 0.2) is 0 Å². The standard InChI is InChI=1S/C15H28N2/c1-13-11-16-15(9-5-2-6-10-15)12-17(13)14-7-3-4-8-14/h13-14,16H,2-12H2,1H3. The van der Waals surface area contributed by atoms with Crippen molar-refractivity contribution in [3.8, 4) is 0 Å². The molecule has 1 spiro atoms. The van der Waals surface area contributed by atoms with Crippen LogP contribution in [0.3, 0.4) is 0 Å². The number of piperazine rings is 1. The van der Waals surface area contributed by atoms with Crippen LogP contribution in [0.2, 0.25) is 0 Å². The first-order chi connectivity index (χ1) is 8.29. The van der Waals surface area contributed by atoms with Crippen LogP contribution in [0.4, 0.5) is 0 Å². The van der Waals surface area contributed by atoms with Gasteiger partial charge < -0.3 is 5.32 Å². The van der Waals surface area contributed by atoms with Gasteiger partial charge >= 0.3 is 0 Å². The maximum atomic E-state index is 3.90. The first-order valence-corrected chi connectivity index (χ1v) is 7.80. The molecule has 0 amide bonds. The molecule has 98 valence electrons. The van der Waals surface area contributed by atoms with Crippen molar-refractivity contribution in [3.05, 3.63) is 0 Å². The third-order valence-corrected chi connectivity index (χ3v) is 5.43. The van der Waals surface area contributed by atoms with E-state index in [1.54, 1.807) is 0 Å². The van der Waals surface area contributed by atoms with Crippen molar-refractivity contribution in [2.24, 2.45) is 0 Å². The second-order valence-electron chi connectivity index (χ2n) is 6.68. The predicted molar refractivity (Wildman–Crippen MR) is 72.2 cm³/mol. The molecule has 3 rings (SSSR count). The lowest BCUT2D eigenvalue weighted by Gasteiger charge is -2.51. The zero-order chi connectivity index (χ0) is 11.7. The van der Waals surface area contributed by atoms with Crippen LogP contribution in [-0.2, 0) is 0 Å². The highest BCUT2D eigenvalue weighted by molar-refractivity contribution is 5.00. The lowest BCUT2D eigenvalue weighted by molar-refractivity contribution is 0.0327. The fraction of sp³-hybridized carbons (Fsp3) is 1.00. The Bertz CT molecular complexity index is 252. The first kappa shape index (κ1) is 12.0. The predicted octanol–water partition coefficient (Wildman–Crippen LogP) is 2.93. The smallest absolute Gasteiger partial charge is 0.0309 e. The molecule has 1 atom stereocenters. The summed E-state index contributed by atoms with van der Waals surface area (Å²) in [7, 11) is 0. The van der Waals surface area contributed by atoms with E-state index >= 15 is 0 Å². The van der Waals surface area contributed by atoms with Gasteiger partial charge in [-0.1, -0.05) is 32.1 Å². The van der Waals surface area contributed by atoms with Gasteiger partial charge in [0.2, 0.25) is 0 Å². The van der Waals surface area contributed by atoms with E-state index in [1.165, 1.54) is 70.9 Å². The molecule has 2 nitrogen and oxygen atoms in total. The fourth-order valence-electron chi connectivity index (χ4n) is 4.33. The lowest BCUT2D eigenvalue weighted by Crippen LogP contribution is -2.65. The van der Waals surface area contributed by atoms with E-state index in [1.807, 2.05) is 0 Å². The van der Waals surface area contributed by atoms with Crippen molar-refractivity contribution >= 4 is 0 Å². The van der Waals surface area contributed by atoms with Gasteiger partial charge in [-0.2, -0.15) is 0 Å². The summed E-state index contributed by atoms with van der Waals surface area (Å²) < 4.78 is 0. The summed E-state index contributed by atoms with van der Waals surface area (Å²) in [5.74, 6) is 0. The average Bonchev–Trinajstić information content (AvgIpc) is 2.88. The summed E-state index contributed by atoms with van der Waals surface area (Å²) in [6.07, 6.45) is 13.0. The molecule has 1 unspecified atom stereocenters. The second kappa shape index (κ2) is 4.89. The Balaban J connectivity index is 1.69. The minimum absolute atomic E-state index is 0.493. The van der Waals surface area contributed by atoms with Crippen molar-refractivity contribution in [3.63, 3.8) is 0 Å². The molecule has 1 N–H and O–H groups in total. The Labute approximate surface area is 106 Å². The first-order valence-electron chi connectivity index (χ1n) is 7.80. The minimum atomic E-state index is 0.493. The fourth-order valence-corrected chi connectivity index (χ4v) is 4.33. The molecule has 2 aliphatic carbocycles. The topological polar surface area (TPSA) is 15.3 Å². The van der Waals surface area contributed by atoms with Gasteiger partial charge in [-0.05, 0) is 32.6 Å². The van der Waals surface area contributed by atoms with Crippen molar-refractivity contribution < 1.29 is 0 Å². The monoisotopic (exact) mass is 236 g/mol. The molecule has 0 aromatic carbocycles. The van der Waals surface area contributed by atoms with Crippen LogP contribution in [0.25, 0.3) is 0 Å². The SMILES string of the molecule is CC1CNC2(CCCCC2)CN1C1CCCC1. The number of rotatable bonds is 1. The molecule has 0 aromatic rings. The molecule has 0 bridgehead atoms. The largest absolute Gasteiger partial charge is 0.308 e. The minimum Gasteiger partial charge on any atom is -0.308 e. The normalized spacial score (nSPS) is 35.5. The van der Waals surface area contributed by atoms with E-state index < -0.39 is 0 Å². The highest BCUT2D eigenvalue weighted by Gasteiger charge is 2.41. The number of nitrogens with one attached hydrogen (secondary N) is 1. The molecule has 1 heterocycles. The quantitative estimate of drug-likeness (QED) is 0.753. The summed E-state index contributed by atoms with van der Waals surface area (Å²) >= 11 is 0. The van der Waals surface area contributed by atoms with Gasteiger partial charge in [0, 0.05) is 30.7 Å². The maximum Gasteiger partial charge on any atom is 0.0309 e. The summed E-state index contributed by atoms with van der Waals surface area (Å²) in [5.41, 5.74) is 0.493. The Morgan fingerprint density at radius 3 is 2.41 bits per heavy atom. The third kappa shape index (κ3) is 2.39. The summed E-state index contributed by atoms with van der Waals surface area (Å²) in [5, 5.41) is 3.90. The third-order valence-electron chi connectivity index (χ3n) is 5.43. The van der Waals surface area contributed by atoms with Crippen LogP contribution in [0, 0.1) is 0 Å². The summed E-state index contributed by atoms with van der Waals surface area (Å²) in [6.45, 7) is 4.97. The molecule has 3 aliphatic rings. The van der Waals surface area contributed by atoms with E-state index in [-0.39, 0.29) is 0 Å². The van der Waals surface area contributed by atoms with Crippen LogP contribution in [0.15, 0.2) is 0 Å². The van der Waals surface area contributed by atoms with Crippen molar-refractivity contribution in [1.82, 2.24) is 10.2 Å². The van der Waals surface area contributed by atoms with E-state index in [0.717, 1.165) is 12.1 Å². The lowest BCUT2D eigenvalue weighted by atomic mass is 9.79. The van der Waals surface area contributed by atoms with Crippen LogP contribution in [-0.4, -0.2) is 35.6 Å². The van der Waals surface area contributed by atoms with E-state index in [9.17, 15) is 0 Å². The van der Waals surface area contributed by atoms with Gasteiger partial charge in [-0.3, -0.25) is 4.90 Å². The van der Waals surface area contributed by atoms with E-state index in [4.69, 9.17) is 0 Å². The molecule has 3 fully saturated rings. The van der Waals surface area contributed by atoms with Gasteiger partial charge in [0.25, 0.3) is 0 Å². The van der Waals surface area contributed by atoms with Gasteiger partial charge in [0.05, 0.1) is 0 Å². The second-order valence-corrected chi connectivity index (χ2v) is 6.68. The van der Waals surface area contributed by atoms with E-state index in [2.05, 4.69) is 17.1 Å². The summed E-state index contributed by atoms with van der Waals surface area (Å²) in [4.78, 5) is 2.86. The number of hydrogen-bond donors (Lipinski definition) is 1. The zero-order valence-electron chi connectivity index (χ0n) is 11.4. The highest BCUT2D eigenvalue weighted by atomic mass is 15.3. The van der Waals surface area contributed by atoms with Crippen LogP contribution in [0.1, 0.15) is 64.7 Å². The molecule has 1 aliphatic heterocycles. The molecule has 0 radical (unpaired) electrons. The Kier molecular flexibility index (Phi) is 3.45. The van der Waals surface area contributed by atoms with Crippen molar-refractivity contribution in [1.29, 1.82) is 0 Å². The Morgan fingerprint density at radius 2 is 1.71 bits per heavy atom. The number of nitrogens with zero attached hydrogens (tertiary/aromatic N) is 1. The molecule has 0 aromatic heterocycles. The molecule has 2 heteroatoms. The Morgan fingerprint density at radius 1 is 1.00 bits per heavy atom. The zero-order valence-corrected chi connectivity index (χ0v) is 11.4. The van der Waals surface area contributed by atoms with Crippen LogP contribution >= 0.6 is 0 Å². The van der Waals surface area contributed by atoms with Gasteiger partial charge in [-0.15, -0.1) is 0 Å². The van der Waals surface area contributed by atoms with Gasteiger partial charge in [-0.25, -0.2) is 0 Å². The molecular weight excluding hydrogens is 208 g/mol. The highest BCUT2D eigenvalue weighted by Crippen LogP contribution is 2.35. The molecule has 2 saturated carbocycles. The van der Waals surface area contributed by atoms with Crippen LogP contribution in [0.5, 0.6) is 0 Å². The summed E-state index contributed by atoms with van der Waals surface area (Å²) in [6, 6.07) is 1.66. The molecule has 1 saturated heterocycles. The molecular formula is C15H28N2. The maximum absolute atomic E-state index is 3.90. The van der Waals surface area contributed by atoms with Crippen molar-refractivity contribution in [2.45, 2.75) is 82.3 Å². The molecule has 17 heavy (non-hydrogen) atoms. The Hall–Kier alpha value is -0.0800. The average molecular weight is 236 g/mol.